The molecule has 0 aromatic heterocycles. The van der Waals surface area contributed by atoms with Gasteiger partial charge < -0.3 is 5.11 Å². The van der Waals surface area contributed by atoms with E-state index < -0.39 is 5.97 Å². The zero-order chi connectivity index (χ0) is 12.2. The molecule has 1 aliphatic rings. The van der Waals surface area contributed by atoms with Gasteiger partial charge in [0, 0.05) is 0 Å². The van der Waals surface area contributed by atoms with E-state index in [2.05, 4.69) is 25.3 Å². The highest BCUT2D eigenvalue weighted by Crippen LogP contribution is 2.35. The van der Waals surface area contributed by atoms with E-state index in [1.165, 1.54) is 0 Å². The third-order valence-electron chi connectivity index (χ3n) is 3.46. The number of nitrogens with zero attached hydrogens (tertiary/aromatic N) is 1. The van der Waals surface area contributed by atoms with Crippen molar-refractivity contribution in [2.75, 3.05) is 13.1 Å². The number of likely N-dealkylation sites (tertiary alicyclic amines) is 1. The number of carboxylic acids is 1. The van der Waals surface area contributed by atoms with Gasteiger partial charge in [-0.1, -0.05) is 19.9 Å². The molecule has 1 aliphatic heterocycles. The van der Waals surface area contributed by atoms with E-state index in [0.717, 1.165) is 38.8 Å². The van der Waals surface area contributed by atoms with Gasteiger partial charge in [0.25, 0.3) is 0 Å². The van der Waals surface area contributed by atoms with Gasteiger partial charge in [0.1, 0.15) is 6.04 Å². The standard InChI is InChI=1S/C13H23NO2/c1-4-5-6-9-14-10-7-8-13(2,3)11(14)12(15)16/h4,11H,1,5-10H2,2-3H3,(H,15,16). The van der Waals surface area contributed by atoms with Gasteiger partial charge in [0.2, 0.25) is 0 Å². The summed E-state index contributed by atoms with van der Waals surface area (Å²) < 4.78 is 0. The van der Waals surface area contributed by atoms with Crippen LogP contribution in [-0.2, 0) is 4.79 Å². The van der Waals surface area contributed by atoms with Gasteiger partial charge in [-0.25, -0.2) is 0 Å². The van der Waals surface area contributed by atoms with Crippen molar-refractivity contribution in [2.45, 2.75) is 45.6 Å². The third kappa shape index (κ3) is 3.08. The molecule has 0 bridgehead atoms. The first kappa shape index (κ1) is 13.2. The fourth-order valence-corrected chi connectivity index (χ4v) is 2.67. The quantitative estimate of drug-likeness (QED) is 0.577. The van der Waals surface area contributed by atoms with Crippen LogP contribution in [0.2, 0.25) is 0 Å². The summed E-state index contributed by atoms with van der Waals surface area (Å²) in [6, 6.07) is -0.328. The van der Waals surface area contributed by atoms with Crippen molar-refractivity contribution in [3.63, 3.8) is 0 Å². The molecule has 16 heavy (non-hydrogen) atoms. The molecular weight excluding hydrogens is 202 g/mol. The molecule has 92 valence electrons. The molecule has 1 heterocycles. The molecule has 1 rings (SSSR count). The Labute approximate surface area is 98.1 Å². The van der Waals surface area contributed by atoms with Crippen LogP contribution in [0.4, 0.5) is 0 Å². The lowest BCUT2D eigenvalue weighted by atomic mass is 9.76. The number of unbranched alkanes of at least 4 members (excludes halogenated alkanes) is 1. The predicted octanol–water partition coefficient (Wildman–Crippen LogP) is 2.53. The number of hydrogen-bond acceptors (Lipinski definition) is 2. The first-order valence-corrected chi connectivity index (χ1v) is 6.07. The second-order valence-corrected chi connectivity index (χ2v) is 5.30. The van der Waals surface area contributed by atoms with Gasteiger partial charge in [0.05, 0.1) is 0 Å². The highest BCUT2D eigenvalue weighted by Gasteiger charge is 2.41. The fraction of sp³-hybridized carbons (Fsp3) is 0.769. The fourth-order valence-electron chi connectivity index (χ4n) is 2.67. The molecule has 0 aromatic carbocycles. The maximum atomic E-state index is 11.4. The molecule has 0 saturated carbocycles. The summed E-state index contributed by atoms with van der Waals surface area (Å²) in [4.78, 5) is 13.5. The van der Waals surface area contributed by atoms with E-state index in [4.69, 9.17) is 0 Å². The van der Waals surface area contributed by atoms with Gasteiger partial charge in [0.15, 0.2) is 0 Å². The van der Waals surface area contributed by atoms with Gasteiger partial charge >= 0.3 is 5.97 Å². The van der Waals surface area contributed by atoms with E-state index in [1.807, 2.05) is 6.08 Å². The maximum absolute atomic E-state index is 11.4. The largest absolute Gasteiger partial charge is 0.480 e. The van der Waals surface area contributed by atoms with Crippen LogP contribution >= 0.6 is 0 Å². The Hall–Kier alpha value is -0.830. The van der Waals surface area contributed by atoms with E-state index in [0.29, 0.717) is 0 Å². The number of piperidine rings is 1. The highest BCUT2D eigenvalue weighted by atomic mass is 16.4. The summed E-state index contributed by atoms with van der Waals surface area (Å²) in [6.07, 6.45) is 5.96. The van der Waals surface area contributed by atoms with Crippen LogP contribution in [-0.4, -0.2) is 35.1 Å². The van der Waals surface area contributed by atoms with Crippen LogP contribution < -0.4 is 0 Å². The van der Waals surface area contributed by atoms with Gasteiger partial charge in [-0.3, -0.25) is 9.69 Å². The van der Waals surface area contributed by atoms with Crippen LogP contribution in [0.15, 0.2) is 12.7 Å². The summed E-state index contributed by atoms with van der Waals surface area (Å²) in [7, 11) is 0. The van der Waals surface area contributed by atoms with Crippen molar-refractivity contribution in [3.8, 4) is 0 Å². The monoisotopic (exact) mass is 225 g/mol. The molecule has 0 spiro atoms. The zero-order valence-corrected chi connectivity index (χ0v) is 10.4. The molecule has 0 aromatic rings. The van der Waals surface area contributed by atoms with Crippen LogP contribution in [0, 0.1) is 5.41 Å². The lowest BCUT2D eigenvalue weighted by Gasteiger charge is -2.44. The molecule has 3 heteroatoms. The number of carboxylic acid groups (broad SMARTS) is 1. The Morgan fingerprint density at radius 3 is 2.88 bits per heavy atom. The Morgan fingerprint density at radius 2 is 2.31 bits per heavy atom. The lowest BCUT2D eigenvalue weighted by molar-refractivity contribution is -0.150. The zero-order valence-electron chi connectivity index (χ0n) is 10.4. The van der Waals surface area contributed by atoms with Crippen molar-refractivity contribution in [1.29, 1.82) is 0 Å². The number of aliphatic carboxylic acids is 1. The van der Waals surface area contributed by atoms with Crippen LogP contribution in [0.3, 0.4) is 0 Å². The van der Waals surface area contributed by atoms with Crippen LogP contribution in [0.25, 0.3) is 0 Å². The summed E-state index contributed by atoms with van der Waals surface area (Å²) in [5.41, 5.74) is -0.113. The maximum Gasteiger partial charge on any atom is 0.321 e. The van der Waals surface area contributed by atoms with E-state index >= 15 is 0 Å². The summed E-state index contributed by atoms with van der Waals surface area (Å²) in [6.45, 7) is 9.59. The average Bonchev–Trinajstić information content (AvgIpc) is 2.16. The first-order valence-electron chi connectivity index (χ1n) is 6.07. The van der Waals surface area contributed by atoms with E-state index in [-0.39, 0.29) is 11.5 Å². The number of rotatable bonds is 5. The van der Waals surface area contributed by atoms with E-state index in [9.17, 15) is 9.90 Å². The minimum Gasteiger partial charge on any atom is -0.480 e. The molecule has 3 nitrogen and oxygen atoms in total. The average molecular weight is 225 g/mol. The molecule has 0 aliphatic carbocycles. The molecule has 0 amide bonds. The number of carbonyl (C=O) groups is 1. The molecule has 1 unspecified atom stereocenters. The van der Waals surface area contributed by atoms with Crippen molar-refractivity contribution >= 4 is 5.97 Å². The normalized spacial score (nSPS) is 25.2. The summed E-state index contributed by atoms with van der Waals surface area (Å²) >= 11 is 0. The Kier molecular flexibility index (Phi) is 4.54. The molecule has 1 saturated heterocycles. The third-order valence-corrected chi connectivity index (χ3v) is 3.46. The van der Waals surface area contributed by atoms with E-state index in [1.54, 1.807) is 0 Å². The van der Waals surface area contributed by atoms with Crippen LogP contribution in [0.1, 0.15) is 39.5 Å². The molecular formula is C13H23NO2. The second-order valence-electron chi connectivity index (χ2n) is 5.30. The number of hydrogen-bond donors (Lipinski definition) is 1. The van der Waals surface area contributed by atoms with Crippen molar-refractivity contribution in [3.05, 3.63) is 12.7 Å². The Bertz CT molecular complexity index is 261. The van der Waals surface area contributed by atoms with Gasteiger partial charge in [-0.05, 0) is 44.2 Å². The summed E-state index contributed by atoms with van der Waals surface area (Å²) in [5, 5.41) is 9.34. The predicted molar refractivity (Wildman–Crippen MR) is 65.4 cm³/mol. The number of allylic oxidation sites excluding steroid dienone is 1. The Balaban J connectivity index is 2.65. The topological polar surface area (TPSA) is 40.5 Å². The minimum absolute atomic E-state index is 0.113. The minimum atomic E-state index is -0.677. The molecule has 0 radical (unpaired) electrons. The SMILES string of the molecule is C=CCCCN1CCCC(C)(C)C1C(=O)O. The molecule has 1 atom stereocenters. The van der Waals surface area contributed by atoms with Crippen LogP contribution in [0.5, 0.6) is 0 Å². The molecule has 1 fully saturated rings. The lowest BCUT2D eigenvalue weighted by Crippen LogP contribution is -2.54. The van der Waals surface area contributed by atoms with Crippen molar-refractivity contribution in [1.82, 2.24) is 4.90 Å². The first-order chi connectivity index (χ1) is 7.49. The summed E-state index contributed by atoms with van der Waals surface area (Å²) in [5.74, 6) is -0.677. The van der Waals surface area contributed by atoms with Gasteiger partial charge in [-0.15, -0.1) is 6.58 Å². The smallest absolute Gasteiger partial charge is 0.321 e. The molecule has 1 N–H and O–H groups in total. The van der Waals surface area contributed by atoms with Gasteiger partial charge in [-0.2, -0.15) is 0 Å². The second kappa shape index (κ2) is 5.48. The highest BCUT2D eigenvalue weighted by molar-refractivity contribution is 5.74. The van der Waals surface area contributed by atoms with Crippen molar-refractivity contribution < 1.29 is 9.90 Å². The Morgan fingerprint density at radius 1 is 1.62 bits per heavy atom. The van der Waals surface area contributed by atoms with Crippen molar-refractivity contribution in [2.24, 2.45) is 5.41 Å².